The van der Waals surface area contributed by atoms with E-state index < -0.39 is 25.0 Å². The van der Waals surface area contributed by atoms with Gasteiger partial charge in [-0.15, -0.1) is 0 Å². The Labute approximate surface area is 95.4 Å². The van der Waals surface area contributed by atoms with Crippen LogP contribution in [0.3, 0.4) is 0 Å². The van der Waals surface area contributed by atoms with Crippen LogP contribution in [0.2, 0.25) is 0 Å². The lowest BCUT2D eigenvalue weighted by Crippen LogP contribution is -2.11. The van der Waals surface area contributed by atoms with Crippen LogP contribution in [0.25, 0.3) is 0 Å². The third-order valence-corrected chi connectivity index (χ3v) is 1.98. The van der Waals surface area contributed by atoms with Crippen LogP contribution >= 0.6 is 0 Å². The highest BCUT2D eigenvalue weighted by atomic mass is 19.4. The topological polar surface area (TPSA) is 33.0 Å². The minimum atomic E-state index is -4.28. The lowest BCUT2D eigenvalue weighted by molar-refractivity contribution is -0.146. The predicted octanol–water partition coefficient (Wildman–Crippen LogP) is 3.17. The minimum Gasteiger partial charge on any atom is -0.376 e. The molecule has 0 N–H and O–H groups in total. The standard InChI is InChI=1S/C11H9F4NO/c12-10-2-1-8(6-16)9(5-10)7-17-4-3-11(13,14)15/h1-2,5H,3-4,7H2. The number of hydrogen-bond acceptors (Lipinski definition) is 2. The number of benzene rings is 1. The summed E-state index contributed by atoms with van der Waals surface area (Å²) in [7, 11) is 0. The second-order valence-electron chi connectivity index (χ2n) is 3.33. The molecule has 1 aromatic carbocycles. The molecule has 0 saturated carbocycles. The average molecular weight is 247 g/mol. The molecule has 1 aromatic rings. The van der Waals surface area contributed by atoms with Crippen LogP contribution in [0.15, 0.2) is 18.2 Å². The van der Waals surface area contributed by atoms with E-state index in [1.54, 1.807) is 0 Å². The van der Waals surface area contributed by atoms with E-state index in [1.165, 1.54) is 6.07 Å². The first-order chi connectivity index (χ1) is 7.92. The number of alkyl halides is 3. The monoisotopic (exact) mass is 247 g/mol. The number of ether oxygens (including phenoxy) is 1. The molecule has 0 heterocycles. The largest absolute Gasteiger partial charge is 0.391 e. The first-order valence-corrected chi connectivity index (χ1v) is 4.75. The van der Waals surface area contributed by atoms with Crippen molar-refractivity contribution in [1.29, 1.82) is 5.26 Å². The van der Waals surface area contributed by atoms with Gasteiger partial charge in [-0.1, -0.05) is 0 Å². The molecule has 0 amide bonds. The number of halogens is 4. The van der Waals surface area contributed by atoms with Crippen LogP contribution < -0.4 is 0 Å². The molecule has 0 aliphatic heterocycles. The Hall–Kier alpha value is -1.61. The quantitative estimate of drug-likeness (QED) is 0.604. The highest BCUT2D eigenvalue weighted by Gasteiger charge is 2.26. The second-order valence-corrected chi connectivity index (χ2v) is 3.33. The van der Waals surface area contributed by atoms with Gasteiger partial charge in [0.05, 0.1) is 31.3 Å². The molecule has 0 radical (unpaired) electrons. The Morgan fingerprint density at radius 3 is 2.59 bits per heavy atom. The van der Waals surface area contributed by atoms with Gasteiger partial charge in [0.15, 0.2) is 0 Å². The lowest BCUT2D eigenvalue weighted by atomic mass is 10.1. The van der Waals surface area contributed by atoms with Crippen LogP contribution in [-0.2, 0) is 11.3 Å². The summed E-state index contributed by atoms with van der Waals surface area (Å²) in [6.07, 6.45) is -5.34. The van der Waals surface area contributed by atoms with Crippen LogP contribution in [0, 0.1) is 17.1 Å². The molecule has 0 atom stereocenters. The molecule has 0 aliphatic carbocycles. The molecular formula is C11H9F4NO. The van der Waals surface area contributed by atoms with Crippen molar-refractivity contribution >= 4 is 0 Å². The van der Waals surface area contributed by atoms with E-state index in [-0.39, 0.29) is 17.7 Å². The Balaban J connectivity index is 2.52. The van der Waals surface area contributed by atoms with E-state index in [4.69, 9.17) is 10.00 Å². The molecule has 0 aromatic heterocycles. The van der Waals surface area contributed by atoms with E-state index in [0.717, 1.165) is 12.1 Å². The van der Waals surface area contributed by atoms with Crippen molar-refractivity contribution in [1.82, 2.24) is 0 Å². The number of nitrogens with zero attached hydrogens (tertiary/aromatic N) is 1. The van der Waals surface area contributed by atoms with Crippen molar-refractivity contribution < 1.29 is 22.3 Å². The summed E-state index contributed by atoms with van der Waals surface area (Å²) >= 11 is 0. The summed E-state index contributed by atoms with van der Waals surface area (Å²) in [4.78, 5) is 0. The second kappa shape index (κ2) is 5.64. The third-order valence-electron chi connectivity index (χ3n) is 1.98. The van der Waals surface area contributed by atoms with Crippen molar-refractivity contribution in [3.8, 4) is 6.07 Å². The fourth-order valence-corrected chi connectivity index (χ4v) is 1.16. The van der Waals surface area contributed by atoms with Crippen LogP contribution in [0.1, 0.15) is 17.5 Å². The molecule has 0 aliphatic rings. The summed E-state index contributed by atoms with van der Waals surface area (Å²) in [5.74, 6) is -0.557. The van der Waals surface area contributed by atoms with Crippen molar-refractivity contribution in [3.63, 3.8) is 0 Å². The van der Waals surface area contributed by atoms with Crippen LogP contribution in [-0.4, -0.2) is 12.8 Å². The molecular weight excluding hydrogens is 238 g/mol. The maximum Gasteiger partial charge on any atom is 0.391 e. The van der Waals surface area contributed by atoms with Gasteiger partial charge >= 0.3 is 6.18 Å². The van der Waals surface area contributed by atoms with Gasteiger partial charge in [0.2, 0.25) is 0 Å². The average Bonchev–Trinajstić information content (AvgIpc) is 2.23. The molecule has 92 valence electrons. The van der Waals surface area contributed by atoms with E-state index >= 15 is 0 Å². The molecule has 0 bridgehead atoms. The van der Waals surface area contributed by atoms with Gasteiger partial charge in [0, 0.05) is 0 Å². The summed E-state index contributed by atoms with van der Waals surface area (Å²) in [6.45, 7) is -0.721. The number of rotatable bonds is 4. The van der Waals surface area contributed by atoms with Gasteiger partial charge in [-0.25, -0.2) is 4.39 Å². The Bertz CT molecular complexity index is 422. The Kier molecular flexibility index (Phi) is 4.46. The molecule has 6 heteroatoms. The van der Waals surface area contributed by atoms with Crippen molar-refractivity contribution in [2.75, 3.05) is 6.61 Å². The first kappa shape index (κ1) is 13.5. The van der Waals surface area contributed by atoms with E-state index in [0.29, 0.717) is 0 Å². The molecule has 2 nitrogen and oxygen atoms in total. The van der Waals surface area contributed by atoms with Gasteiger partial charge in [0.1, 0.15) is 5.82 Å². The summed E-state index contributed by atoms with van der Waals surface area (Å²) in [5, 5.41) is 8.69. The number of nitriles is 1. The van der Waals surface area contributed by atoms with Gasteiger partial charge < -0.3 is 4.74 Å². The van der Waals surface area contributed by atoms with Gasteiger partial charge in [-0.2, -0.15) is 18.4 Å². The lowest BCUT2D eigenvalue weighted by Gasteiger charge is -2.08. The maximum atomic E-state index is 12.8. The molecule has 0 spiro atoms. The summed E-state index contributed by atoms with van der Waals surface area (Å²) < 4.78 is 53.0. The third kappa shape index (κ3) is 4.83. The van der Waals surface area contributed by atoms with E-state index in [1.807, 2.05) is 6.07 Å². The fourth-order valence-electron chi connectivity index (χ4n) is 1.16. The van der Waals surface area contributed by atoms with Crippen molar-refractivity contribution in [2.45, 2.75) is 19.2 Å². The predicted molar refractivity (Wildman–Crippen MR) is 51.4 cm³/mol. The van der Waals surface area contributed by atoms with Crippen LogP contribution in [0.4, 0.5) is 17.6 Å². The zero-order valence-electron chi connectivity index (χ0n) is 8.72. The Morgan fingerprint density at radius 1 is 1.29 bits per heavy atom. The zero-order valence-corrected chi connectivity index (χ0v) is 8.72. The van der Waals surface area contributed by atoms with E-state index in [2.05, 4.69) is 0 Å². The van der Waals surface area contributed by atoms with Crippen molar-refractivity contribution in [3.05, 3.63) is 35.1 Å². The van der Waals surface area contributed by atoms with Gasteiger partial charge in [-0.05, 0) is 23.8 Å². The van der Waals surface area contributed by atoms with E-state index in [9.17, 15) is 17.6 Å². The van der Waals surface area contributed by atoms with Crippen molar-refractivity contribution in [2.24, 2.45) is 0 Å². The normalized spacial score (nSPS) is 11.2. The highest BCUT2D eigenvalue weighted by molar-refractivity contribution is 5.37. The zero-order chi connectivity index (χ0) is 12.9. The molecule has 0 saturated heterocycles. The molecule has 0 unspecified atom stereocenters. The SMILES string of the molecule is N#Cc1ccc(F)cc1COCCC(F)(F)F. The molecule has 0 fully saturated rings. The fraction of sp³-hybridized carbons (Fsp3) is 0.364. The molecule has 17 heavy (non-hydrogen) atoms. The summed E-state index contributed by atoms with van der Waals surface area (Å²) in [6, 6.07) is 5.26. The first-order valence-electron chi connectivity index (χ1n) is 4.75. The maximum absolute atomic E-state index is 12.8. The van der Waals surface area contributed by atoms with Gasteiger partial charge in [-0.3, -0.25) is 0 Å². The van der Waals surface area contributed by atoms with Gasteiger partial charge in [0.25, 0.3) is 0 Å². The van der Waals surface area contributed by atoms with Crippen LogP contribution in [0.5, 0.6) is 0 Å². The minimum absolute atomic E-state index is 0.193. The summed E-state index contributed by atoms with van der Waals surface area (Å²) in [5.41, 5.74) is 0.438. The number of hydrogen-bond donors (Lipinski definition) is 0. The Morgan fingerprint density at radius 2 is 2.00 bits per heavy atom. The smallest absolute Gasteiger partial charge is 0.376 e. The molecule has 1 rings (SSSR count). The highest BCUT2D eigenvalue weighted by Crippen LogP contribution is 2.19.